The van der Waals surface area contributed by atoms with Gasteiger partial charge < -0.3 is 15.5 Å². The largest absolute Gasteiger partial charge is 0.357 e. The molecule has 1 unspecified atom stereocenters. The highest BCUT2D eigenvalue weighted by molar-refractivity contribution is 5.85. The monoisotopic (exact) mass is 291 g/mol. The smallest absolute Gasteiger partial charge is 0.349 e. The number of aryl methyl sites for hydroxylation is 1. The summed E-state index contributed by atoms with van der Waals surface area (Å²) in [4.78, 5) is 30.0. The standard InChI is InChI=1S/C12H17N7O2/c1-7-15-9(5-10-16-17-12(21)19(7)10)18-4-3-14-6-8(18)11(20)13-2/h5,8,14H,3-4,6H2,1-2H3,(H,13,20)(H,17,21). The van der Waals surface area contributed by atoms with Crippen LogP contribution in [0.5, 0.6) is 0 Å². The lowest BCUT2D eigenvalue weighted by molar-refractivity contribution is -0.122. The Morgan fingerprint density at radius 2 is 2.33 bits per heavy atom. The molecule has 1 atom stereocenters. The van der Waals surface area contributed by atoms with Gasteiger partial charge in [0.2, 0.25) is 5.91 Å². The predicted octanol–water partition coefficient (Wildman–Crippen LogP) is -1.75. The summed E-state index contributed by atoms with van der Waals surface area (Å²) in [6.07, 6.45) is 0. The molecule has 1 fully saturated rings. The fourth-order valence-electron chi connectivity index (χ4n) is 2.61. The number of carbonyl (C=O) groups excluding carboxylic acids is 1. The van der Waals surface area contributed by atoms with E-state index in [1.165, 1.54) is 4.40 Å². The Morgan fingerprint density at radius 1 is 1.52 bits per heavy atom. The number of nitrogens with zero attached hydrogens (tertiary/aromatic N) is 4. The van der Waals surface area contributed by atoms with E-state index in [1.807, 2.05) is 4.90 Å². The summed E-state index contributed by atoms with van der Waals surface area (Å²) in [5, 5.41) is 12.2. The number of amides is 1. The number of aromatic nitrogens is 4. The summed E-state index contributed by atoms with van der Waals surface area (Å²) in [6.45, 7) is 3.73. The number of fused-ring (bicyclic) bond motifs is 1. The van der Waals surface area contributed by atoms with Gasteiger partial charge in [-0.25, -0.2) is 19.3 Å². The van der Waals surface area contributed by atoms with E-state index in [0.717, 1.165) is 6.54 Å². The summed E-state index contributed by atoms with van der Waals surface area (Å²) in [7, 11) is 1.62. The van der Waals surface area contributed by atoms with E-state index in [4.69, 9.17) is 0 Å². The molecule has 0 bridgehead atoms. The first kappa shape index (κ1) is 13.6. The lowest BCUT2D eigenvalue weighted by Crippen LogP contribution is -2.58. The maximum Gasteiger partial charge on any atom is 0.349 e. The fraction of sp³-hybridized carbons (Fsp3) is 0.500. The molecule has 1 saturated heterocycles. The van der Waals surface area contributed by atoms with E-state index in [2.05, 4.69) is 25.8 Å². The van der Waals surface area contributed by atoms with Crippen molar-refractivity contribution in [2.45, 2.75) is 13.0 Å². The Kier molecular flexibility index (Phi) is 3.34. The molecule has 0 saturated carbocycles. The van der Waals surface area contributed by atoms with E-state index in [0.29, 0.717) is 30.4 Å². The van der Waals surface area contributed by atoms with Gasteiger partial charge in [0, 0.05) is 32.7 Å². The van der Waals surface area contributed by atoms with Crippen molar-refractivity contribution in [2.75, 3.05) is 31.6 Å². The molecule has 3 heterocycles. The van der Waals surface area contributed by atoms with E-state index in [1.54, 1.807) is 20.0 Å². The van der Waals surface area contributed by atoms with Crippen molar-refractivity contribution in [2.24, 2.45) is 0 Å². The van der Waals surface area contributed by atoms with Crippen molar-refractivity contribution in [1.29, 1.82) is 0 Å². The van der Waals surface area contributed by atoms with Crippen LogP contribution in [0.3, 0.4) is 0 Å². The lowest BCUT2D eigenvalue weighted by atomic mass is 10.1. The molecule has 0 aromatic carbocycles. The second kappa shape index (κ2) is 5.17. The van der Waals surface area contributed by atoms with Crippen LogP contribution in [0.1, 0.15) is 5.82 Å². The van der Waals surface area contributed by atoms with Gasteiger partial charge in [0.15, 0.2) is 5.65 Å². The van der Waals surface area contributed by atoms with Gasteiger partial charge in [0.05, 0.1) is 0 Å². The molecule has 21 heavy (non-hydrogen) atoms. The molecule has 1 aliphatic rings. The molecule has 2 aromatic heterocycles. The Morgan fingerprint density at radius 3 is 3.10 bits per heavy atom. The first-order valence-electron chi connectivity index (χ1n) is 6.75. The molecule has 112 valence electrons. The Bertz CT molecular complexity index is 735. The number of aromatic amines is 1. The van der Waals surface area contributed by atoms with Crippen molar-refractivity contribution in [1.82, 2.24) is 30.2 Å². The number of anilines is 1. The van der Waals surface area contributed by atoms with Crippen LogP contribution < -0.4 is 21.2 Å². The Labute approximate surface area is 120 Å². The van der Waals surface area contributed by atoms with Crippen LogP contribution in [0.4, 0.5) is 5.82 Å². The summed E-state index contributed by atoms with van der Waals surface area (Å²) in [5.74, 6) is 1.12. The number of H-pyrrole nitrogens is 1. The maximum atomic E-state index is 12.0. The predicted molar refractivity (Wildman–Crippen MR) is 76.4 cm³/mol. The number of rotatable bonds is 2. The summed E-state index contributed by atoms with van der Waals surface area (Å²) >= 11 is 0. The molecule has 3 rings (SSSR count). The van der Waals surface area contributed by atoms with Crippen molar-refractivity contribution in [3.8, 4) is 0 Å². The van der Waals surface area contributed by atoms with Crippen molar-refractivity contribution >= 4 is 17.4 Å². The zero-order valence-corrected chi connectivity index (χ0v) is 11.9. The molecule has 2 aromatic rings. The van der Waals surface area contributed by atoms with Crippen molar-refractivity contribution in [3.05, 3.63) is 22.4 Å². The third kappa shape index (κ3) is 2.25. The fourth-order valence-corrected chi connectivity index (χ4v) is 2.61. The van der Waals surface area contributed by atoms with Crippen molar-refractivity contribution in [3.63, 3.8) is 0 Å². The number of likely N-dealkylation sites (N-methyl/N-ethyl adjacent to an activating group) is 1. The molecule has 9 heteroatoms. The minimum Gasteiger partial charge on any atom is -0.357 e. The molecular formula is C12H17N7O2. The summed E-state index contributed by atoms with van der Waals surface area (Å²) in [5.41, 5.74) is 0.182. The van der Waals surface area contributed by atoms with Gasteiger partial charge in [0.25, 0.3) is 0 Å². The maximum absolute atomic E-state index is 12.0. The normalized spacial score (nSPS) is 19.0. The zero-order valence-electron chi connectivity index (χ0n) is 11.9. The van der Waals surface area contributed by atoms with Crippen molar-refractivity contribution < 1.29 is 4.79 Å². The van der Waals surface area contributed by atoms with Crippen LogP contribution in [0, 0.1) is 6.92 Å². The lowest BCUT2D eigenvalue weighted by Gasteiger charge is -2.35. The molecule has 3 N–H and O–H groups in total. The van der Waals surface area contributed by atoms with Crippen LogP contribution in [0.25, 0.3) is 5.65 Å². The Balaban J connectivity index is 2.05. The molecule has 0 aliphatic carbocycles. The second-order valence-electron chi connectivity index (χ2n) is 4.91. The third-order valence-corrected chi connectivity index (χ3v) is 3.64. The number of hydrogen-bond acceptors (Lipinski definition) is 6. The van der Waals surface area contributed by atoms with E-state index >= 15 is 0 Å². The molecule has 9 nitrogen and oxygen atoms in total. The van der Waals surface area contributed by atoms with E-state index in [-0.39, 0.29) is 17.6 Å². The molecule has 0 spiro atoms. The minimum atomic E-state index is -0.330. The highest BCUT2D eigenvalue weighted by atomic mass is 16.2. The van der Waals surface area contributed by atoms with Gasteiger partial charge in [0.1, 0.15) is 17.7 Å². The van der Waals surface area contributed by atoms with Gasteiger partial charge in [-0.1, -0.05) is 0 Å². The molecular weight excluding hydrogens is 274 g/mol. The van der Waals surface area contributed by atoms with Crippen LogP contribution >= 0.6 is 0 Å². The van der Waals surface area contributed by atoms with Crippen LogP contribution in [-0.4, -0.2) is 58.2 Å². The minimum absolute atomic E-state index is 0.0686. The summed E-state index contributed by atoms with van der Waals surface area (Å²) < 4.78 is 1.40. The van der Waals surface area contributed by atoms with Gasteiger partial charge >= 0.3 is 5.69 Å². The molecule has 1 aliphatic heterocycles. The quantitative estimate of drug-likeness (QED) is 0.606. The SMILES string of the molecule is CNC(=O)C1CNCCN1c1cc2n[nH]c(=O)n2c(C)n1. The average Bonchev–Trinajstić information content (AvgIpc) is 2.88. The third-order valence-electron chi connectivity index (χ3n) is 3.64. The number of piperazine rings is 1. The molecule has 1 amide bonds. The summed E-state index contributed by atoms with van der Waals surface area (Å²) in [6, 6.07) is 1.38. The number of hydrogen-bond donors (Lipinski definition) is 3. The van der Waals surface area contributed by atoms with Gasteiger partial charge in [-0.2, -0.15) is 5.10 Å². The van der Waals surface area contributed by atoms with Gasteiger partial charge in [-0.05, 0) is 6.92 Å². The first-order valence-corrected chi connectivity index (χ1v) is 6.75. The van der Waals surface area contributed by atoms with Crippen LogP contribution in [0.15, 0.2) is 10.9 Å². The number of nitrogens with one attached hydrogen (secondary N) is 3. The highest BCUT2D eigenvalue weighted by Crippen LogP contribution is 2.18. The zero-order chi connectivity index (χ0) is 15.0. The van der Waals surface area contributed by atoms with Gasteiger partial charge in [-0.3, -0.25) is 4.79 Å². The molecule has 0 radical (unpaired) electrons. The first-order chi connectivity index (χ1) is 10.1. The van der Waals surface area contributed by atoms with E-state index in [9.17, 15) is 9.59 Å². The van der Waals surface area contributed by atoms with Crippen LogP contribution in [-0.2, 0) is 4.79 Å². The second-order valence-corrected chi connectivity index (χ2v) is 4.91. The average molecular weight is 291 g/mol. The van der Waals surface area contributed by atoms with Crippen LogP contribution in [0.2, 0.25) is 0 Å². The Hall–Kier alpha value is -2.42. The highest BCUT2D eigenvalue weighted by Gasteiger charge is 2.29. The van der Waals surface area contributed by atoms with Gasteiger partial charge in [-0.15, -0.1) is 0 Å². The number of carbonyl (C=O) groups is 1. The topological polar surface area (TPSA) is 107 Å². The van der Waals surface area contributed by atoms with E-state index < -0.39 is 0 Å².